The van der Waals surface area contributed by atoms with Crippen molar-refractivity contribution in [3.63, 3.8) is 0 Å². The lowest BCUT2D eigenvalue weighted by molar-refractivity contribution is -0.131. The lowest BCUT2D eigenvalue weighted by atomic mass is 10.1. The summed E-state index contributed by atoms with van der Waals surface area (Å²) in [5, 5.41) is 13.6. The molecule has 0 radical (unpaired) electrons. The number of ether oxygens (including phenoxy) is 2. The van der Waals surface area contributed by atoms with E-state index in [2.05, 4.69) is 10.6 Å². The van der Waals surface area contributed by atoms with E-state index in [9.17, 15) is 14.4 Å². The Morgan fingerprint density at radius 2 is 2.12 bits per heavy atom. The molecule has 0 bridgehead atoms. The van der Waals surface area contributed by atoms with Crippen molar-refractivity contribution in [3.05, 3.63) is 23.8 Å². The van der Waals surface area contributed by atoms with Gasteiger partial charge >= 0.3 is 6.03 Å². The summed E-state index contributed by atoms with van der Waals surface area (Å²) in [5.74, 6) is 0.318. The number of hydrogen-bond acceptors (Lipinski definition) is 6. The van der Waals surface area contributed by atoms with Gasteiger partial charge in [-0.05, 0) is 17.7 Å². The third kappa shape index (κ3) is 3.25. The van der Waals surface area contributed by atoms with E-state index in [1.54, 1.807) is 18.2 Å². The maximum Gasteiger partial charge on any atom is 0.325 e. The first-order chi connectivity index (χ1) is 11.6. The van der Waals surface area contributed by atoms with Gasteiger partial charge < -0.3 is 25.2 Å². The number of benzene rings is 1. The van der Waals surface area contributed by atoms with Crippen LogP contribution in [0.1, 0.15) is 12.0 Å². The predicted octanol–water partition coefficient (Wildman–Crippen LogP) is -0.666. The molecule has 0 saturated carbocycles. The fourth-order valence-electron chi connectivity index (χ4n) is 2.54. The van der Waals surface area contributed by atoms with Gasteiger partial charge in [0.05, 0.1) is 19.6 Å². The monoisotopic (exact) mass is 335 g/mol. The number of imide groups is 1. The maximum absolute atomic E-state index is 12.3. The largest absolute Gasteiger partial charge is 0.454 e. The van der Waals surface area contributed by atoms with Crippen LogP contribution in [-0.2, 0) is 16.1 Å². The Bertz CT molecular complexity index is 677. The maximum atomic E-state index is 12.3. The minimum Gasteiger partial charge on any atom is -0.454 e. The summed E-state index contributed by atoms with van der Waals surface area (Å²) in [6.45, 7) is 0.143. The van der Waals surface area contributed by atoms with Crippen molar-refractivity contribution in [2.75, 3.05) is 19.9 Å². The van der Waals surface area contributed by atoms with Crippen LogP contribution in [0.15, 0.2) is 18.2 Å². The zero-order chi connectivity index (χ0) is 17.1. The highest BCUT2D eigenvalue weighted by molar-refractivity contribution is 6.05. The number of aliphatic hydroxyl groups excluding tert-OH is 1. The molecule has 0 aromatic heterocycles. The van der Waals surface area contributed by atoms with Gasteiger partial charge in [-0.3, -0.25) is 14.5 Å². The molecular formula is C15H17N3O6. The van der Waals surface area contributed by atoms with Crippen molar-refractivity contribution in [3.8, 4) is 11.5 Å². The lowest BCUT2D eigenvalue weighted by Crippen LogP contribution is -2.37. The molecule has 128 valence electrons. The molecule has 1 saturated heterocycles. The van der Waals surface area contributed by atoms with Crippen LogP contribution in [-0.4, -0.2) is 53.8 Å². The van der Waals surface area contributed by atoms with E-state index in [1.807, 2.05) is 0 Å². The first-order valence-electron chi connectivity index (χ1n) is 7.46. The van der Waals surface area contributed by atoms with Crippen molar-refractivity contribution in [2.45, 2.75) is 19.0 Å². The number of nitrogens with one attached hydrogen (secondary N) is 2. The Morgan fingerprint density at radius 3 is 2.92 bits per heavy atom. The molecule has 9 heteroatoms. The molecule has 4 amide bonds. The van der Waals surface area contributed by atoms with Gasteiger partial charge in [0, 0.05) is 6.54 Å². The first kappa shape index (κ1) is 16.1. The third-order valence-electron chi connectivity index (χ3n) is 3.71. The van der Waals surface area contributed by atoms with E-state index in [0.29, 0.717) is 17.1 Å². The summed E-state index contributed by atoms with van der Waals surface area (Å²) in [7, 11) is 0. The molecule has 3 N–H and O–H groups in total. The highest BCUT2D eigenvalue weighted by Gasteiger charge is 2.39. The van der Waals surface area contributed by atoms with Crippen molar-refractivity contribution in [1.82, 2.24) is 15.5 Å². The normalized spacial score (nSPS) is 18.7. The standard InChI is InChI=1S/C15H17N3O6/c19-4-3-16-13(20)6-10-14(21)18(15(22)17-10)7-9-1-2-11-12(5-9)24-8-23-11/h1-2,5,10,19H,3-4,6-8H2,(H,16,20)(H,17,22)/t10-/m1/s1. The fraction of sp³-hybridized carbons (Fsp3) is 0.400. The van der Waals surface area contributed by atoms with Crippen LogP contribution in [0.3, 0.4) is 0 Å². The molecule has 2 aliphatic rings. The Kier molecular flexibility index (Phi) is 4.52. The molecule has 0 aliphatic carbocycles. The van der Waals surface area contributed by atoms with Crippen LogP contribution in [0.2, 0.25) is 0 Å². The van der Waals surface area contributed by atoms with Crippen LogP contribution < -0.4 is 20.1 Å². The van der Waals surface area contributed by atoms with Gasteiger partial charge in [-0.2, -0.15) is 0 Å². The van der Waals surface area contributed by atoms with Crippen molar-refractivity contribution < 1.29 is 29.0 Å². The SMILES string of the molecule is O=C(C[C@H]1NC(=O)N(Cc2ccc3c(c2)OCO3)C1=O)NCCO. The van der Waals surface area contributed by atoms with E-state index in [0.717, 1.165) is 4.90 Å². The molecule has 1 atom stereocenters. The average molecular weight is 335 g/mol. The van der Waals surface area contributed by atoms with E-state index >= 15 is 0 Å². The smallest absolute Gasteiger partial charge is 0.325 e. The Hall–Kier alpha value is -2.81. The highest BCUT2D eigenvalue weighted by Crippen LogP contribution is 2.33. The summed E-state index contributed by atoms with van der Waals surface area (Å²) in [4.78, 5) is 37.0. The minimum absolute atomic E-state index is 0.0794. The molecule has 24 heavy (non-hydrogen) atoms. The molecule has 1 fully saturated rings. The summed E-state index contributed by atoms with van der Waals surface area (Å²) in [5.41, 5.74) is 0.716. The first-order valence-corrected chi connectivity index (χ1v) is 7.46. The van der Waals surface area contributed by atoms with Crippen LogP contribution in [0, 0.1) is 0 Å². The number of carbonyl (C=O) groups is 3. The van der Waals surface area contributed by atoms with Crippen molar-refractivity contribution in [2.24, 2.45) is 0 Å². The minimum atomic E-state index is -0.898. The molecule has 9 nitrogen and oxygen atoms in total. The van der Waals surface area contributed by atoms with Gasteiger partial charge in [-0.25, -0.2) is 4.79 Å². The van der Waals surface area contributed by atoms with Crippen molar-refractivity contribution >= 4 is 17.8 Å². The van der Waals surface area contributed by atoms with Crippen LogP contribution in [0.25, 0.3) is 0 Å². The van der Waals surface area contributed by atoms with E-state index < -0.39 is 23.9 Å². The second-order valence-corrected chi connectivity index (χ2v) is 5.39. The molecular weight excluding hydrogens is 318 g/mol. The number of amides is 4. The molecule has 2 aliphatic heterocycles. The topological polar surface area (TPSA) is 117 Å². The predicted molar refractivity (Wildman–Crippen MR) is 80.1 cm³/mol. The average Bonchev–Trinajstić information content (AvgIpc) is 3.13. The number of rotatable bonds is 6. The van der Waals surface area contributed by atoms with Gasteiger partial charge in [-0.1, -0.05) is 6.07 Å². The van der Waals surface area contributed by atoms with Crippen LogP contribution in [0.4, 0.5) is 4.79 Å². The summed E-state index contributed by atoms with van der Waals surface area (Å²) >= 11 is 0. The zero-order valence-corrected chi connectivity index (χ0v) is 12.8. The zero-order valence-electron chi connectivity index (χ0n) is 12.8. The number of nitrogens with zero attached hydrogens (tertiary/aromatic N) is 1. The number of fused-ring (bicyclic) bond motifs is 1. The van der Waals surface area contributed by atoms with Gasteiger partial charge in [0.25, 0.3) is 5.91 Å². The highest BCUT2D eigenvalue weighted by atomic mass is 16.7. The quantitative estimate of drug-likeness (QED) is 0.594. The lowest BCUT2D eigenvalue weighted by Gasteiger charge is -2.13. The third-order valence-corrected chi connectivity index (χ3v) is 3.71. The van der Waals surface area contributed by atoms with Gasteiger partial charge in [0.15, 0.2) is 11.5 Å². The fourth-order valence-corrected chi connectivity index (χ4v) is 2.54. The number of aliphatic hydroxyl groups is 1. The van der Waals surface area contributed by atoms with E-state index in [4.69, 9.17) is 14.6 Å². The number of carbonyl (C=O) groups excluding carboxylic acids is 3. The Balaban J connectivity index is 1.63. The second kappa shape index (κ2) is 6.75. The molecule has 0 unspecified atom stereocenters. The Labute approximate surface area is 137 Å². The summed E-state index contributed by atoms with van der Waals surface area (Å²) in [6, 6.07) is 3.73. The van der Waals surface area contributed by atoms with Crippen LogP contribution >= 0.6 is 0 Å². The van der Waals surface area contributed by atoms with E-state index in [-0.39, 0.29) is 32.9 Å². The van der Waals surface area contributed by atoms with Gasteiger partial charge in [-0.15, -0.1) is 0 Å². The molecule has 0 spiro atoms. The van der Waals surface area contributed by atoms with Crippen molar-refractivity contribution in [1.29, 1.82) is 0 Å². The number of urea groups is 1. The van der Waals surface area contributed by atoms with E-state index in [1.165, 1.54) is 0 Å². The summed E-state index contributed by atoms with van der Waals surface area (Å²) in [6.07, 6.45) is -0.164. The molecule has 1 aromatic carbocycles. The summed E-state index contributed by atoms with van der Waals surface area (Å²) < 4.78 is 10.5. The Morgan fingerprint density at radius 1 is 1.33 bits per heavy atom. The molecule has 2 heterocycles. The molecule has 3 rings (SSSR count). The number of hydrogen-bond donors (Lipinski definition) is 3. The second-order valence-electron chi connectivity index (χ2n) is 5.39. The molecule has 1 aromatic rings. The van der Waals surface area contributed by atoms with Gasteiger partial charge in [0.1, 0.15) is 6.04 Å². The van der Waals surface area contributed by atoms with Gasteiger partial charge in [0.2, 0.25) is 12.7 Å². The van der Waals surface area contributed by atoms with Crippen LogP contribution in [0.5, 0.6) is 11.5 Å².